The molecule has 0 radical (unpaired) electrons. The fourth-order valence-corrected chi connectivity index (χ4v) is 4.38. The van der Waals surface area contributed by atoms with Crippen molar-refractivity contribution in [1.82, 2.24) is 4.57 Å². The van der Waals surface area contributed by atoms with Gasteiger partial charge in [0.15, 0.2) is 0 Å². The molecule has 126 valence electrons. The molecule has 0 amide bonds. The van der Waals surface area contributed by atoms with Crippen LogP contribution in [0.15, 0.2) is 52.2 Å². The number of rotatable bonds is 5. The number of aryl methyl sites for hydroxylation is 1. The molecular weight excluding hydrogens is 348 g/mol. The second-order valence-electron chi connectivity index (χ2n) is 5.12. The quantitative estimate of drug-likeness (QED) is 0.755. The van der Waals surface area contributed by atoms with Crippen LogP contribution in [-0.2, 0) is 17.1 Å². The molecule has 0 spiro atoms. The highest BCUT2D eigenvalue weighted by molar-refractivity contribution is 7.92. The Kier molecular flexibility index (Phi) is 4.33. The van der Waals surface area contributed by atoms with Crippen molar-refractivity contribution in [2.75, 3.05) is 11.3 Å². The van der Waals surface area contributed by atoms with Crippen LogP contribution in [0.5, 0.6) is 5.75 Å². The summed E-state index contributed by atoms with van der Waals surface area (Å²) in [7, 11) is -2.09. The predicted molar refractivity (Wildman–Crippen MR) is 95.5 cm³/mol. The fourth-order valence-electron chi connectivity index (χ4n) is 2.31. The Morgan fingerprint density at radius 1 is 1.21 bits per heavy atom. The molecule has 0 saturated heterocycles. The molecule has 1 heterocycles. The first-order chi connectivity index (χ1) is 11.4. The van der Waals surface area contributed by atoms with Crippen molar-refractivity contribution in [3.63, 3.8) is 0 Å². The molecule has 0 saturated carbocycles. The van der Waals surface area contributed by atoms with Crippen LogP contribution in [0.1, 0.15) is 6.92 Å². The normalized spacial score (nSPS) is 11.6. The van der Waals surface area contributed by atoms with E-state index < -0.39 is 10.0 Å². The molecular formula is C16H16N2O4S2. The topological polar surface area (TPSA) is 77.4 Å². The highest BCUT2D eigenvalue weighted by atomic mass is 32.2. The molecule has 6 nitrogen and oxygen atoms in total. The number of nitrogens with zero attached hydrogens (tertiary/aromatic N) is 1. The Bertz CT molecular complexity index is 1050. The van der Waals surface area contributed by atoms with Gasteiger partial charge in [0.25, 0.3) is 10.0 Å². The van der Waals surface area contributed by atoms with Crippen LogP contribution >= 0.6 is 11.3 Å². The molecule has 2 aromatic carbocycles. The lowest BCUT2D eigenvalue weighted by molar-refractivity contribution is 0.340. The SMILES string of the molecule is CCOc1cccc(NS(=O)(=O)c2ccc3c(c2)sc(=O)n3C)c1. The minimum atomic E-state index is -3.75. The number of aromatic nitrogens is 1. The van der Waals surface area contributed by atoms with Gasteiger partial charge in [-0.1, -0.05) is 17.4 Å². The second kappa shape index (κ2) is 6.29. The predicted octanol–water partition coefficient (Wildman–Crippen LogP) is 2.80. The van der Waals surface area contributed by atoms with E-state index in [4.69, 9.17) is 4.74 Å². The van der Waals surface area contributed by atoms with Gasteiger partial charge in [-0.25, -0.2) is 8.42 Å². The molecule has 0 unspecified atom stereocenters. The molecule has 1 aromatic heterocycles. The van der Waals surface area contributed by atoms with Crippen LogP contribution < -0.4 is 14.3 Å². The third kappa shape index (κ3) is 3.15. The van der Waals surface area contributed by atoms with Crippen molar-refractivity contribution >= 4 is 37.3 Å². The van der Waals surface area contributed by atoms with Crippen molar-refractivity contribution in [2.45, 2.75) is 11.8 Å². The van der Waals surface area contributed by atoms with E-state index in [1.165, 1.54) is 16.7 Å². The number of thiazole rings is 1. The Morgan fingerprint density at radius 3 is 2.75 bits per heavy atom. The standard InChI is InChI=1S/C16H16N2O4S2/c1-3-22-12-6-4-5-11(9-12)17-24(20,21)13-7-8-14-15(10-13)23-16(19)18(14)2/h4-10,17H,3H2,1-2H3. The van der Waals surface area contributed by atoms with Gasteiger partial charge in [-0.05, 0) is 37.3 Å². The summed E-state index contributed by atoms with van der Waals surface area (Å²) in [5.74, 6) is 0.592. The molecule has 0 aliphatic heterocycles. The number of benzene rings is 2. The second-order valence-corrected chi connectivity index (χ2v) is 7.80. The van der Waals surface area contributed by atoms with E-state index >= 15 is 0 Å². The summed E-state index contributed by atoms with van der Waals surface area (Å²) < 4.78 is 35.2. The number of hydrogen-bond acceptors (Lipinski definition) is 5. The van der Waals surface area contributed by atoms with Gasteiger partial charge in [-0.3, -0.25) is 9.52 Å². The zero-order chi connectivity index (χ0) is 17.3. The highest BCUT2D eigenvalue weighted by Gasteiger charge is 2.16. The monoisotopic (exact) mass is 364 g/mol. The smallest absolute Gasteiger partial charge is 0.307 e. The number of hydrogen-bond donors (Lipinski definition) is 1. The van der Waals surface area contributed by atoms with Crippen molar-refractivity contribution < 1.29 is 13.2 Å². The minimum Gasteiger partial charge on any atom is -0.494 e. The van der Waals surface area contributed by atoms with Gasteiger partial charge < -0.3 is 9.30 Å². The number of ether oxygens (including phenoxy) is 1. The zero-order valence-corrected chi connectivity index (χ0v) is 14.8. The lowest BCUT2D eigenvalue weighted by atomic mass is 10.3. The van der Waals surface area contributed by atoms with E-state index in [1.807, 2.05) is 6.92 Å². The molecule has 3 aromatic rings. The van der Waals surface area contributed by atoms with Crippen LogP contribution in [0.3, 0.4) is 0 Å². The Hall–Kier alpha value is -2.32. The summed E-state index contributed by atoms with van der Waals surface area (Å²) in [6.45, 7) is 2.36. The number of nitrogens with one attached hydrogen (secondary N) is 1. The van der Waals surface area contributed by atoms with Crippen molar-refractivity contribution in [2.24, 2.45) is 7.05 Å². The van der Waals surface area contributed by atoms with Gasteiger partial charge >= 0.3 is 4.87 Å². The highest BCUT2D eigenvalue weighted by Crippen LogP contribution is 2.24. The zero-order valence-electron chi connectivity index (χ0n) is 13.1. The number of fused-ring (bicyclic) bond motifs is 1. The van der Waals surface area contributed by atoms with Gasteiger partial charge in [0, 0.05) is 13.1 Å². The van der Waals surface area contributed by atoms with Crippen LogP contribution in [-0.4, -0.2) is 19.6 Å². The lowest BCUT2D eigenvalue weighted by Gasteiger charge is -2.10. The van der Waals surface area contributed by atoms with E-state index in [2.05, 4.69) is 4.72 Å². The van der Waals surface area contributed by atoms with Gasteiger partial charge in [-0.15, -0.1) is 0 Å². The maximum Gasteiger partial charge on any atom is 0.307 e. The van der Waals surface area contributed by atoms with Gasteiger partial charge in [0.1, 0.15) is 5.75 Å². The fraction of sp³-hybridized carbons (Fsp3) is 0.188. The molecule has 0 fully saturated rings. The van der Waals surface area contributed by atoms with Crippen LogP contribution in [0.4, 0.5) is 5.69 Å². The molecule has 0 aliphatic carbocycles. The maximum atomic E-state index is 12.6. The first-order valence-electron chi connectivity index (χ1n) is 7.26. The summed E-state index contributed by atoms with van der Waals surface area (Å²) in [4.78, 5) is 11.7. The molecule has 24 heavy (non-hydrogen) atoms. The first-order valence-corrected chi connectivity index (χ1v) is 9.56. The van der Waals surface area contributed by atoms with Crippen LogP contribution in [0, 0.1) is 0 Å². The third-order valence-corrected chi connectivity index (χ3v) is 5.85. The van der Waals surface area contributed by atoms with Crippen molar-refractivity contribution in [3.8, 4) is 5.75 Å². The number of sulfonamides is 1. The molecule has 8 heteroatoms. The summed E-state index contributed by atoms with van der Waals surface area (Å²) in [5, 5.41) is 0. The lowest BCUT2D eigenvalue weighted by Crippen LogP contribution is -2.13. The first kappa shape index (κ1) is 16.5. The van der Waals surface area contributed by atoms with Crippen LogP contribution in [0.2, 0.25) is 0 Å². The summed E-state index contributed by atoms with van der Waals surface area (Å²) in [5.41, 5.74) is 1.13. The largest absolute Gasteiger partial charge is 0.494 e. The average Bonchev–Trinajstić information content (AvgIpc) is 2.82. The average molecular weight is 364 g/mol. The Morgan fingerprint density at radius 2 is 2.00 bits per heavy atom. The Balaban J connectivity index is 1.95. The molecule has 0 bridgehead atoms. The number of anilines is 1. The summed E-state index contributed by atoms with van der Waals surface area (Å²) >= 11 is 1.02. The summed E-state index contributed by atoms with van der Waals surface area (Å²) in [6.07, 6.45) is 0. The van der Waals surface area contributed by atoms with Gasteiger partial charge in [0.2, 0.25) is 0 Å². The van der Waals surface area contributed by atoms with E-state index in [1.54, 1.807) is 37.4 Å². The van der Waals surface area contributed by atoms with Gasteiger partial charge in [-0.2, -0.15) is 0 Å². The van der Waals surface area contributed by atoms with E-state index in [-0.39, 0.29) is 9.77 Å². The van der Waals surface area contributed by atoms with Crippen molar-refractivity contribution in [1.29, 1.82) is 0 Å². The molecule has 0 atom stereocenters. The van der Waals surface area contributed by atoms with Crippen LogP contribution in [0.25, 0.3) is 10.2 Å². The maximum absolute atomic E-state index is 12.6. The minimum absolute atomic E-state index is 0.110. The molecule has 0 aliphatic rings. The van der Waals surface area contributed by atoms with Gasteiger partial charge in [0.05, 0.1) is 27.4 Å². The molecule has 3 rings (SSSR count). The Labute approximate surface area is 143 Å². The third-order valence-electron chi connectivity index (χ3n) is 3.47. The van der Waals surface area contributed by atoms with E-state index in [0.717, 1.165) is 11.3 Å². The molecule has 1 N–H and O–H groups in total. The summed E-state index contributed by atoms with van der Waals surface area (Å²) in [6, 6.07) is 11.4. The van der Waals surface area contributed by atoms with E-state index in [0.29, 0.717) is 28.3 Å². The van der Waals surface area contributed by atoms with E-state index in [9.17, 15) is 13.2 Å². The van der Waals surface area contributed by atoms with Crippen molar-refractivity contribution in [3.05, 3.63) is 52.1 Å².